The number of carboxylic acid groups (broad SMARTS) is 1. The van der Waals surface area contributed by atoms with Gasteiger partial charge in [-0.15, -0.1) is 0 Å². The fraction of sp³-hybridized carbons (Fsp3) is 0.300. The number of nitrogens with one attached hydrogen (secondary N) is 1. The van der Waals surface area contributed by atoms with Crippen LogP contribution in [0.15, 0.2) is 23.1 Å². The summed E-state index contributed by atoms with van der Waals surface area (Å²) in [5, 5.41) is 27.0. The molecular formula is C10H13NO6S. The molecule has 1 aromatic rings. The Morgan fingerprint density at radius 2 is 2.06 bits per heavy atom. The number of carboxylic acids is 1. The minimum atomic E-state index is -3.91. The monoisotopic (exact) mass is 275 g/mol. The van der Waals surface area contributed by atoms with E-state index >= 15 is 0 Å². The van der Waals surface area contributed by atoms with Crippen LogP contribution in [0.3, 0.4) is 0 Å². The number of phenols is 1. The lowest BCUT2D eigenvalue weighted by Gasteiger charge is -2.09. The first-order valence-electron chi connectivity index (χ1n) is 4.98. The summed E-state index contributed by atoms with van der Waals surface area (Å²) >= 11 is 0. The molecule has 0 heterocycles. The van der Waals surface area contributed by atoms with Crippen molar-refractivity contribution in [2.45, 2.75) is 17.9 Å². The van der Waals surface area contributed by atoms with Crippen LogP contribution >= 0.6 is 0 Å². The van der Waals surface area contributed by atoms with Gasteiger partial charge in [-0.3, -0.25) is 0 Å². The van der Waals surface area contributed by atoms with Crippen molar-refractivity contribution in [2.75, 3.05) is 6.54 Å². The van der Waals surface area contributed by atoms with Crippen LogP contribution in [0.25, 0.3) is 0 Å². The van der Waals surface area contributed by atoms with Crippen LogP contribution in [0.5, 0.6) is 5.75 Å². The molecule has 0 bridgehead atoms. The van der Waals surface area contributed by atoms with Crippen molar-refractivity contribution in [3.63, 3.8) is 0 Å². The van der Waals surface area contributed by atoms with E-state index < -0.39 is 33.4 Å². The third kappa shape index (κ3) is 3.42. The third-order valence-electron chi connectivity index (χ3n) is 2.08. The van der Waals surface area contributed by atoms with Gasteiger partial charge in [0, 0.05) is 6.54 Å². The standard InChI is InChI=1S/C10H13NO6S/c1-6(12)5-11-18(16,17)7-2-3-9(13)8(4-7)10(14)15/h2-4,6,11-13H,5H2,1H3,(H,14,15)/t6-/m1/s1. The van der Waals surface area contributed by atoms with Crippen molar-refractivity contribution in [1.82, 2.24) is 4.72 Å². The Hall–Kier alpha value is -1.64. The second-order valence-corrected chi connectivity index (χ2v) is 5.45. The molecular weight excluding hydrogens is 262 g/mol. The quantitative estimate of drug-likeness (QED) is 0.587. The zero-order valence-electron chi connectivity index (χ0n) is 9.49. The molecule has 0 aliphatic rings. The lowest BCUT2D eigenvalue weighted by Crippen LogP contribution is -2.30. The summed E-state index contributed by atoms with van der Waals surface area (Å²) in [6.07, 6.45) is -0.865. The molecule has 0 fully saturated rings. The van der Waals surface area contributed by atoms with Crippen molar-refractivity contribution >= 4 is 16.0 Å². The average molecular weight is 275 g/mol. The van der Waals surface area contributed by atoms with Crippen LogP contribution < -0.4 is 4.72 Å². The van der Waals surface area contributed by atoms with Gasteiger partial charge < -0.3 is 15.3 Å². The van der Waals surface area contributed by atoms with E-state index in [1.807, 2.05) is 0 Å². The highest BCUT2D eigenvalue weighted by atomic mass is 32.2. The number of rotatable bonds is 5. The second-order valence-electron chi connectivity index (χ2n) is 3.69. The molecule has 0 spiro atoms. The molecule has 0 saturated heterocycles. The van der Waals surface area contributed by atoms with E-state index in [2.05, 4.69) is 4.72 Å². The number of aromatic carboxylic acids is 1. The molecule has 0 saturated carbocycles. The van der Waals surface area contributed by atoms with Gasteiger partial charge in [-0.05, 0) is 25.1 Å². The highest BCUT2D eigenvalue weighted by Gasteiger charge is 2.18. The maximum atomic E-state index is 11.7. The zero-order valence-corrected chi connectivity index (χ0v) is 10.3. The minimum absolute atomic E-state index is 0.189. The zero-order chi connectivity index (χ0) is 13.9. The van der Waals surface area contributed by atoms with Gasteiger partial charge in [0.1, 0.15) is 11.3 Å². The van der Waals surface area contributed by atoms with Gasteiger partial charge >= 0.3 is 5.97 Å². The topological polar surface area (TPSA) is 124 Å². The average Bonchev–Trinajstić information content (AvgIpc) is 2.26. The van der Waals surface area contributed by atoms with E-state index in [1.54, 1.807) is 0 Å². The molecule has 4 N–H and O–H groups in total. The molecule has 100 valence electrons. The summed E-state index contributed by atoms with van der Waals surface area (Å²) in [4.78, 5) is 10.5. The Morgan fingerprint density at radius 1 is 1.44 bits per heavy atom. The molecule has 7 nitrogen and oxygen atoms in total. The number of hydrogen-bond acceptors (Lipinski definition) is 5. The van der Waals surface area contributed by atoms with Crippen LogP contribution in [0, 0.1) is 0 Å². The highest BCUT2D eigenvalue weighted by Crippen LogP contribution is 2.21. The summed E-state index contributed by atoms with van der Waals surface area (Å²) in [5.41, 5.74) is -0.505. The Morgan fingerprint density at radius 3 is 2.56 bits per heavy atom. The van der Waals surface area contributed by atoms with Crippen LogP contribution in [0.1, 0.15) is 17.3 Å². The van der Waals surface area contributed by atoms with Gasteiger partial charge in [0.25, 0.3) is 0 Å². The largest absolute Gasteiger partial charge is 0.507 e. The molecule has 0 amide bonds. The summed E-state index contributed by atoms with van der Waals surface area (Å²) in [6, 6.07) is 2.91. The van der Waals surface area contributed by atoms with Crippen molar-refractivity contribution in [2.24, 2.45) is 0 Å². The van der Waals surface area contributed by atoms with Gasteiger partial charge in [-0.2, -0.15) is 0 Å². The maximum Gasteiger partial charge on any atom is 0.339 e. The molecule has 1 aromatic carbocycles. The third-order valence-corrected chi connectivity index (χ3v) is 3.50. The van der Waals surface area contributed by atoms with E-state index in [4.69, 9.17) is 10.2 Å². The predicted molar refractivity (Wildman–Crippen MR) is 61.9 cm³/mol. The number of benzene rings is 1. The Labute approximate surface area is 104 Å². The summed E-state index contributed by atoms with van der Waals surface area (Å²) in [7, 11) is -3.91. The van der Waals surface area contributed by atoms with E-state index in [-0.39, 0.29) is 11.4 Å². The number of sulfonamides is 1. The minimum Gasteiger partial charge on any atom is -0.507 e. The fourth-order valence-corrected chi connectivity index (χ4v) is 2.31. The first-order chi connectivity index (χ1) is 8.24. The molecule has 1 rings (SSSR count). The molecule has 18 heavy (non-hydrogen) atoms. The summed E-state index contributed by atoms with van der Waals surface area (Å²) < 4.78 is 25.6. The number of aliphatic hydroxyl groups is 1. The SMILES string of the molecule is C[C@@H](O)CNS(=O)(=O)c1ccc(O)c(C(=O)O)c1. The number of aliphatic hydroxyl groups excluding tert-OH is 1. The van der Waals surface area contributed by atoms with Crippen LogP contribution in [0.4, 0.5) is 0 Å². The van der Waals surface area contributed by atoms with Gasteiger partial charge in [-0.1, -0.05) is 0 Å². The lowest BCUT2D eigenvalue weighted by molar-refractivity contribution is 0.0693. The van der Waals surface area contributed by atoms with Crippen molar-refractivity contribution in [3.05, 3.63) is 23.8 Å². The predicted octanol–water partition coefficient (Wildman–Crippen LogP) is -0.251. The first-order valence-corrected chi connectivity index (χ1v) is 6.46. The highest BCUT2D eigenvalue weighted by molar-refractivity contribution is 7.89. The van der Waals surface area contributed by atoms with E-state index in [1.165, 1.54) is 6.92 Å². The Balaban J connectivity index is 3.10. The van der Waals surface area contributed by atoms with E-state index in [0.717, 1.165) is 18.2 Å². The number of aromatic hydroxyl groups is 1. The van der Waals surface area contributed by atoms with Gasteiger partial charge in [-0.25, -0.2) is 17.9 Å². The van der Waals surface area contributed by atoms with Gasteiger partial charge in [0.15, 0.2) is 0 Å². The number of hydrogen-bond donors (Lipinski definition) is 4. The second kappa shape index (κ2) is 5.34. The van der Waals surface area contributed by atoms with Crippen LogP contribution in [0.2, 0.25) is 0 Å². The lowest BCUT2D eigenvalue weighted by atomic mass is 10.2. The molecule has 8 heteroatoms. The number of carbonyl (C=O) groups is 1. The van der Waals surface area contributed by atoms with Gasteiger partial charge in [0.2, 0.25) is 10.0 Å². The van der Waals surface area contributed by atoms with Crippen molar-refractivity contribution in [3.8, 4) is 5.75 Å². The normalized spacial score (nSPS) is 13.2. The maximum absolute atomic E-state index is 11.7. The van der Waals surface area contributed by atoms with E-state index in [0.29, 0.717) is 0 Å². The molecule has 1 atom stereocenters. The molecule has 0 aromatic heterocycles. The Kier molecular flexibility index (Phi) is 4.28. The molecule has 0 aliphatic heterocycles. The van der Waals surface area contributed by atoms with Gasteiger partial charge in [0.05, 0.1) is 11.0 Å². The molecule has 0 unspecified atom stereocenters. The van der Waals surface area contributed by atoms with Crippen LogP contribution in [-0.4, -0.2) is 42.4 Å². The fourth-order valence-electron chi connectivity index (χ4n) is 1.17. The van der Waals surface area contributed by atoms with Crippen molar-refractivity contribution < 1.29 is 28.5 Å². The molecule has 0 aliphatic carbocycles. The summed E-state index contributed by atoms with van der Waals surface area (Å²) in [5.74, 6) is -1.95. The Bertz CT molecular complexity index is 551. The van der Waals surface area contributed by atoms with Crippen molar-refractivity contribution in [1.29, 1.82) is 0 Å². The molecule has 0 radical (unpaired) electrons. The van der Waals surface area contributed by atoms with Crippen LogP contribution in [-0.2, 0) is 10.0 Å². The summed E-state index contributed by atoms with van der Waals surface area (Å²) in [6.45, 7) is 1.22. The van der Waals surface area contributed by atoms with E-state index in [9.17, 15) is 18.3 Å². The first kappa shape index (κ1) is 14.4. The smallest absolute Gasteiger partial charge is 0.339 e.